The minimum Gasteiger partial charge on any atom is -0.495 e. The second-order valence-corrected chi connectivity index (χ2v) is 7.02. The predicted octanol–water partition coefficient (Wildman–Crippen LogP) is 3.01. The van der Waals surface area contributed by atoms with Crippen molar-refractivity contribution in [2.45, 2.75) is 23.6 Å². The summed E-state index contributed by atoms with van der Waals surface area (Å²) < 4.78 is 31.4. The molecule has 5 nitrogen and oxygen atoms in total. The van der Waals surface area contributed by atoms with Crippen LogP contribution in [0.25, 0.3) is 0 Å². The van der Waals surface area contributed by atoms with E-state index in [1.807, 2.05) is 13.8 Å². The van der Waals surface area contributed by atoms with Crippen LogP contribution in [0, 0.1) is 0 Å². The van der Waals surface area contributed by atoms with Gasteiger partial charge in [-0.05, 0) is 38.1 Å². The number of hydrogen-bond acceptors (Lipinski definition) is 4. The number of carbonyl (C=O) groups excluding carboxylic acids is 1. The fraction of sp³-hybridized carbons (Fsp3) is 0.278. The quantitative estimate of drug-likeness (QED) is 0.806. The molecule has 0 spiro atoms. The van der Waals surface area contributed by atoms with Crippen molar-refractivity contribution in [2.75, 3.05) is 20.2 Å². The molecule has 24 heavy (non-hydrogen) atoms. The summed E-state index contributed by atoms with van der Waals surface area (Å²) in [4.78, 5) is 14.4. The van der Waals surface area contributed by atoms with Gasteiger partial charge in [-0.2, -0.15) is 0 Å². The van der Waals surface area contributed by atoms with E-state index < -0.39 is 9.84 Å². The minimum atomic E-state index is -3.88. The number of rotatable bonds is 6. The zero-order chi connectivity index (χ0) is 17.7. The number of benzene rings is 2. The first-order valence-corrected chi connectivity index (χ1v) is 9.22. The smallest absolute Gasteiger partial charge is 0.255 e. The Balaban J connectivity index is 2.71. The number of amides is 1. The molecule has 0 fully saturated rings. The van der Waals surface area contributed by atoms with Gasteiger partial charge in [0.2, 0.25) is 9.84 Å². The highest BCUT2D eigenvalue weighted by Gasteiger charge is 2.29. The Morgan fingerprint density at radius 3 is 2.17 bits per heavy atom. The van der Waals surface area contributed by atoms with Crippen molar-refractivity contribution < 1.29 is 17.9 Å². The summed E-state index contributed by atoms with van der Waals surface area (Å²) in [6, 6.07) is 12.7. The van der Waals surface area contributed by atoms with Crippen LogP contribution in [0.1, 0.15) is 24.2 Å². The van der Waals surface area contributed by atoms with Gasteiger partial charge in [0.1, 0.15) is 10.6 Å². The minimum absolute atomic E-state index is 0.0874. The van der Waals surface area contributed by atoms with Gasteiger partial charge >= 0.3 is 0 Å². The summed E-state index contributed by atoms with van der Waals surface area (Å²) in [5.74, 6) is -0.162. The monoisotopic (exact) mass is 347 g/mol. The number of carbonyl (C=O) groups is 1. The third-order valence-electron chi connectivity index (χ3n) is 3.80. The van der Waals surface area contributed by atoms with Crippen LogP contribution in [0.2, 0.25) is 0 Å². The summed E-state index contributed by atoms with van der Waals surface area (Å²) in [5, 5.41) is 0. The van der Waals surface area contributed by atoms with E-state index in [1.165, 1.54) is 25.3 Å². The zero-order valence-electron chi connectivity index (χ0n) is 14.0. The molecule has 2 aromatic rings. The van der Waals surface area contributed by atoms with Crippen LogP contribution in [0.15, 0.2) is 58.3 Å². The van der Waals surface area contributed by atoms with Gasteiger partial charge in [0.25, 0.3) is 5.91 Å². The number of nitrogens with zero attached hydrogens (tertiary/aromatic N) is 1. The second-order valence-electron chi connectivity index (χ2n) is 5.13. The fourth-order valence-electron chi connectivity index (χ4n) is 2.52. The van der Waals surface area contributed by atoms with E-state index in [-0.39, 0.29) is 27.0 Å². The molecule has 0 aromatic heterocycles. The van der Waals surface area contributed by atoms with Crippen LogP contribution in [-0.4, -0.2) is 39.4 Å². The van der Waals surface area contributed by atoms with E-state index >= 15 is 0 Å². The molecule has 0 unspecified atom stereocenters. The molecule has 0 N–H and O–H groups in total. The van der Waals surface area contributed by atoms with Crippen molar-refractivity contribution in [1.29, 1.82) is 0 Å². The molecule has 0 atom stereocenters. The number of ether oxygens (including phenoxy) is 1. The third-order valence-corrected chi connectivity index (χ3v) is 5.65. The Labute approximate surface area is 142 Å². The highest BCUT2D eigenvalue weighted by atomic mass is 32.2. The second kappa shape index (κ2) is 7.49. The predicted molar refractivity (Wildman–Crippen MR) is 92.1 cm³/mol. The Bertz CT molecular complexity index is 812. The maximum Gasteiger partial charge on any atom is 0.255 e. The van der Waals surface area contributed by atoms with Gasteiger partial charge in [0, 0.05) is 13.1 Å². The standard InChI is InChI=1S/C18H21NO4S/c1-4-19(5-2)18(20)15-12-9-13-16(23-3)17(15)24(21,22)14-10-7-6-8-11-14/h6-13H,4-5H2,1-3H3. The number of sulfone groups is 1. The summed E-state index contributed by atoms with van der Waals surface area (Å²) >= 11 is 0. The van der Waals surface area contributed by atoms with E-state index in [0.717, 1.165) is 0 Å². The molecule has 2 rings (SSSR count). The molecule has 0 saturated carbocycles. The van der Waals surface area contributed by atoms with E-state index in [1.54, 1.807) is 35.2 Å². The van der Waals surface area contributed by atoms with Gasteiger partial charge in [0.05, 0.1) is 17.6 Å². The van der Waals surface area contributed by atoms with Crippen LogP contribution < -0.4 is 4.74 Å². The van der Waals surface area contributed by atoms with Crippen LogP contribution >= 0.6 is 0 Å². The summed E-state index contributed by atoms with van der Waals surface area (Å²) in [6.07, 6.45) is 0. The van der Waals surface area contributed by atoms with Crippen molar-refractivity contribution in [3.63, 3.8) is 0 Å². The molecule has 0 radical (unpaired) electrons. The Hall–Kier alpha value is -2.34. The van der Waals surface area contributed by atoms with Crippen LogP contribution in [0.4, 0.5) is 0 Å². The molecule has 0 aliphatic carbocycles. The maximum absolute atomic E-state index is 13.1. The van der Waals surface area contributed by atoms with Gasteiger partial charge in [-0.25, -0.2) is 8.42 Å². The van der Waals surface area contributed by atoms with Crippen molar-refractivity contribution in [3.05, 3.63) is 54.1 Å². The largest absolute Gasteiger partial charge is 0.495 e. The SMILES string of the molecule is CCN(CC)C(=O)c1cccc(OC)c1S(=O)(=O)c1ccccc1. The van der Waals surface area contributed by atoms with Crippen LogP contribution in [0.5, 0.6) is 5.75 Å². The van der Waals surface area contributed by atoms with Crippen LogP contribution in [0.3, 0.4) is 0 Å². The van der Waals surface area contributed by atoms with Crippen LogP contribution in [-0.2, 0) is 9.84 Å². The van der Waals surface area contributed by atoms with E-state index in [4.69, 9.17) is 4.74 Å². The lowest BCUT2D eigenvalue weighted by molar-refractivity contribution is 0.0768. The molecule has 0 saturated heterocycles. The summed E-state index contributed by atoms with van der Waals surface area (Å²) in [6.45, 7) is 4.70. The molecular formula is C18H21NO4S. The van der Waals surface area contributed by atoms with Crippen molar-refractivity contribution in [3.8, 4) is 5.75 Å². The molecule has 0 bridgehead atoms. The maximum atomic E-state index is 13.1. The lowest BCUT2D eigenvalue weighted by Crippen LogP contribution is -2.31. The van der Waals surface area contributed by atoms with Gasteiger partial charge in [-0.3, -0.25) is 4.79 Å². The molecule has 128 valence electrons. The lowest BCUT2D eigenvalue weighted by Gasteiger charge is -2.21. The highest BCUT2D eigenvalue weighted by Crippen LogP contribution is 2.33. The first kappa shape index (κ1) is 18.0. The van der Waals surface area contributed by atoms with Gasteiger partial charge < -0.3 is 9.64 Å². The molecule has 0 aliphatic heterocycles. The highest BCUT2D eigenvalue weighted by molar-refractivity contribution is 7.91. The average Bonchev–Trinajstić information content (AvgIpc) is 2.62. The molecule has 1 amide bonds. The topological polar surface area (TPSA) is 63.7 Å². The molecule has 6 heteroatoms. The average molecular weight is 347 g/mol. The lowest BCUT2D eigenvalue weighted by atomic mass is 10.2. The van der Waals surface area contributed by atoms with Crippen molar-refractivity contribution in [1.82, 2.24) is 4.90 Å². The molecule has 0 aliphatic rings. The third kappa shape index (κ3) is 3.28. The summed E-state index contributed by atoms with van der Waals surface area (Å²) in [7, 11) is -2.49. The van der Waals surface area contributed by atoms with E-state index in [9.17, 15) is 13.2 Å². The number of methoxy groups -OCH3 is 1. The Morgan fingerprint density at radius 1 is 1.00 bits per heavy atom. The molecule has 2 aromatic carbocycles. The normalized spacial score (nSPS) is 11.1. The van der Waals surface area contributed by atoms with Gasteiger partial charge in [-0.1, -0.05) is 24.3 Å². The van der Waals surface area contributed by atoms with E-state index in [2.05, 4.69) is 0 Å². The first-order chi connectivity index (χ1) is 11.5. The molecule has 0 heterocycles. The van der Waals surface area contributed by atoms with Crippen molar-refractivity contribution in [2.24, 2.45) is 0 Å². The van der Waals surface area contributed by atoms with Gasteiger partial charge in [0.15, 0.2) is 0 Å². The molecular weight excluding hydrogens is 326 g/mol. The van der Waals surface area contributed by atoms with E-state index in [0.29, 0.717) is 13.1 Å². The number of hydrogen-bond donors (Lipinski definition) is 0. The Morgan fingerprint density at radius 2 is 1.62 bits per heavy atom. The Kier molecular flexibility index (Phi) is 5.62. The van der Waals surface area contributed by atoms with Crippen molar-refractivity contribution >= 4 is 15.7 Å². The van der Waals surface area contributed by atoms with Gasteiger partial charge in [-0.15, -0.1) is 0 Å². The zero-order valence-corrected chi connectivity index (χ0v) is 14.8. The fourth-order valence-corrected chi connectivity index (χ4v) is 4.13. The summed E-state index contributed by atoms with van der Waals surface area (Å²) in [5.41, 5.74) is 0.127. The first-order valence-electron chi connectivity index (χ1n) is 7.73.